The molecule has 26 heavy (non-hydrogen) atoms. The molecule has 1 N–H and O–H groups in total. The molecule has 0 aliphatic carbocycles. The van der Waals surface area contributed by atoms with E-state index in [4.69, 9.17) is 9.47 Å². The highest BCUT2D eigenvalue weighted by Crippen LogP contribution is 2.32. The normalized spacial score (nSPS) is 16.5. The number of rotatable bonds is 6. The Morgan fingerprint density at radius 3 is 2.46 bits per heavy atom. The van der Waals surface area contributed by atoms with Gasteiger partial charge in [-0.3, -0.25) is 9.59 Å². The molecule has 2 aromatic carbocycles. The summed E-state index contributed by atoms with van der Waals surface area (Å²) in [5.74, 6) is 0.748. The zero-order chi connectivity index (χ0) is 18.5. The number of carbonyl (C=O) groups excluding carboxylic acids is 2. The Morgan fingerprint density at radius 2 is 1.73 bits per heavy atom. The van der Waals surface area contributed by atoms with Gasteiger partial charge in [0.05, 0.1) is 25.8 Å². The zero-order valence-electron chi connectivity index (χ0n) is 14.9. The lowest BCUT2D eigenvalue weighted by Crippen LogP contribution is -2.32. The second-order valence-corrected chi connectivity index (χ2v) is 6.11. The van der Waals surface area contributed by atoms with E-state index in [2.05, 4.69) is 5.32 Å². The molecule has 1 atom stereocenters. The first-order chi connectivity index (χ1) is 12.6. The van der Waals surface area contributed by atoms with Crippen molar-refractivity contribution in [2.75, 3.05) is 25.7 Å². The minimum Gasteiger partial charge on any atom is -0.496 e. The summed E-state index contributed by atoms with van der Waals surface area (Å²) < 4.78 is 10.6. The predicted molar refractivity (Wildman–Crippen MR) is 98.3 cm³/mol. The number of carbonyl (C=O) groups is 2. The maximum atomic E-state index is 12.5. The predicted octanol–water partition coefficient (Wildman–Crippen LogP) is 2.37. The van der Waals surface area contributed by atoms with E-state index >= 15 is 0 Å². The maximum absolute atomic E-state index is 12.5. The number of amides is 2. The zero-order valence-corrected chi connectivity index (χ0v) is 14.9. The molecule has 2 amide bonds. The van der Waals surface area contributed by atoms with Gasteiger partial charge < -0.3 is 19.7 Å². The number of hydrogen-bond acceptors (Lipinski definition) is 4. The molecule has 1 unspecified atom stereocenters. The van der Waals surface area contributed by atoms with E-state index in [1.165, 1.54) is 0 Å². The first kappa shape index (κ1) is 17.8. The fraction of sp³-hybridized carbons (Fsp3) is 0.300. The molecule has 0 radical (unpaired) electrons. The lowest BCUT2D eigenvalue weighted by molar-refractivity contribution is -0.126. The van der Waals surface area contributed by atoms with Crippen molar-refractivity contribution in [2.24, 2.45) is 5.92 Å². The van der Waals surface area contributed by atoms with Crippen LogP contribution in [0.4, 0.5) is 5.69 Å². The maximum Gasteiger partial charge on any atom is 0.227 e. The molecule has 1 heterocycles. The Hall–Kier alpha value is -3.02. The van der Waals surface area contributed by atoms with Gasteiger partial charge in [-0.25, -0.2) is 0 Å². The van der Waals surface area contributed by atoms with Gasteiger partial charge >= 0.3 is 0 Å². The standard InChI is InChI=1S/C20H22N2O4/c1-25-17-9-5-3-7-14(17)12-21-20(24)15-11-19(23)22(13-15)16-8-4-6-10-18(16)26-2/h3-10,15H,11-13H2,1-2H3,(H,21,24). The molecule has 136 valence electrons. The molecule has 6 nitrogen and oxygen atoms in total. The van der Waals surface area contributed by atoms with Crippen molar-refractivity contribution in [3.8, 4) is 11.5 Å². The minimum absolute atomic E-state index is 0.0769. The highest BCUT2D eigenvalue weighted by atomic mass is 16.5. The van der Waals surface area contributed by atoms with Crippen LogP contribution in [-0.2, 0) is 16.1 Å². The summed E-state index contributed by atoms with van der Waals surface area (Å²) in [7, 11) is 3.16. The van der Waals surface area contributed by atoms with E-state index in [9.17, 15) is 9.59 Å². The van der Waals surface area contributed by atoms with Crippen LogP contribution in [0, 0.1) is 5.92 Å². The van der Waals surface area contributed by atoms with Crippen LogP contribution >= 0.6 is 0 Å². The van der Waals surface area contributed by atoms with Crippen LogP contribution in [0.1, 0.15) is 12.0 Å². The largest absolute Gasteiger partial charge is 0.496 e. The van der Waals surface area contributed by atoms with Crippen LogP contribution in [0.5, 0.6) is 11.5 Å². The van der Waals surface area contributed by atoms with Crippen molar-refractivity contribution >= 4 is 17.5 Å². The van der Waals surface area contributed by atoms with Crippen LogP contribution in [0.2, 0.25) is 0 Å². The van der Waals surface area contributed by atoms with E-state index in [1.807, 2.05) is 42.5 Å². The number of nitrogens with zero attached hydrogens (tertiary/aromatic N) is 1. The number of para-hydroxylation sites is 3. The summed E-state index contributed by atoms with van der Waals surface area (Å²) >= 11 is 0. The number of hydrogen-bond donors (Lipinski definition) is 1. The Kier molecular flexibility index (Phi) is 5.41. The number of anilines is 1. The lowest BCUT2D eigenvalue weighted by Gasteiger charge is -2.19. The van der Waals surface area contributed by atoms with Crippen LogP contribution < -0.4 is 19.7 Å². The molecule has 3 rings (SSSR count). The molecule has 0 spiro atoms. The Balaban J connectivity index is 1.65. The summed E-state index contributed by atoms with van der Waals surface area (Å²) in [5.41, 5.74) is 1.59. The van der Waals surface area contributed by atoms with Crippen molar-refractivity contribution < 1.29 is 19.1 Å². The highest BCUT2D eigenvalue weighted by molar-refractivity contribution is 6.01. The van der Waals surface area contributed by atoms with E-state index in [-0.39, 0.29) is 24.2 Å². The van der Waals surface area contributed by atoms with Crippen LogP contribution in [0.25, 0.3) is 0 Å². The minimum atomic E-state index is -0.387. The van der Waals surface area contributed by atoms with Gasteiger partial charge in [0.1, 0.15) is 11.5 Å². The molecule has 2 aromatic rings. The molecule has 0 saturated carbocycles. The van der Waals surface area contributed by atoms with Crippen LogP contribution in [-0.4, -0.2) is 32.6 Å². The van der Waals surface area contributed by atoms with Gasteiger partial charge in [-0.15, -0.1) is 0 Å². The summed E-state index contributed by atoms with van der Waals surface area (Å²) in [6, 6.07) is 14.9. The van der Waals surface area contributed by atoms with Crippen LogP contribution in [0.3, 0.4) is 0 Å². The van der Waals surface area contributed by atoms with Gasteiger partial charge in [-0.1, -0.05) is 30.3 Å². The van der Waals surface area contributed by atoms with E-state index in [0.717, 1.165) is 11.3 Å². The second-order valence-electron chi connectivity index (χ2n) is 6.11. The number of benzene rings is 2. The van der Waals surface area contributed by atoms with Crippen molar-refractivity contribution in [1.82, 2.24) is 5.32 Å². The van der Waals surface area contributed by atoms with E-state index in [0.29, 0.717) is 24.5 Å². The topological polar surface area (TPSA) is 67.9 Å². The Labute approximate surface area is 152 Å². The molecular formula is C20H22N2O4. The third-order valence-corrected chi connectivity index (χ3v) is 4.52. The average molecular weight is 354 g/mol. The molecule has 1 aliphatic rings. The van der Waals surface area contributed by atoms with Gasteiger partial charge in [0, 0.05) is 25.1 Å². The highest BCUT2D eigenvalue weighted by Gasteiger charge is 2.36. The summed E-state index contributed by atoms with van der Waals surface area (Å²) in [6.45, 7) is 0.707. The third-order valence-electron chi connectivity index (χ3n) is 4.52. The van der Waals surface area contributed by atoms with Crippen LogP contribution in [0.15, 0.2) is 48.5 Å². The number of methoxy groups -OCH3 is 2. The first-order valence-electron chi connectivity index (χ1n) is 8.47. The fourth-order valence-electron chi connectivity index (χ4n) is 3.14. The smallest absolute Gasteiger partial charge is 0.227 e. The lowest BCUT2D eigenvalue weighted by atomic mass is 10.1. The molecule has 1 aliphatic heterocycles. The summed E-state index contributed by atoms with van der Waals surface area (Å²) in [4.78, 5) is 26.6. The van der Waals surface area contributed by atoms with Crippen molar-refractivity contribution in [1.29, 1.82) is 0 Å². The third kappa shape index (κ3) is 3.64. The molecular weight excluding hydrogens is 332 g/mol. The molecule has 1 saturated heterocycles. The van der Waals surface area contributed by atoms with E-state index < -0.39 is 0 Å². The van der Waals surface area contributed by atoms with Gasteiger partial charge in [-0.2, -0.15) is 0 Å². The fourth-order valence-corrected chi connectivity index (χ4v) is 3.14. The average Bonchev–Trinajstić information content (AvgIpc) is 3.07. The quantitative estimate of drug-likeness (QED) is 0.865. The Bertz CT molecular complexity index is 806. The molecule has 6 heteroatoms. The summed E-state index contributed by atoms with van der Waals surface area (Å²) in [5, 5.41) is 2.91. The number of ether oxygens (including phenoxy) is 2. The summed E-state index contributed by atoms with van der Waals surface area (Å²) in [6.07, 6.45) is 0.190. The monoisotopic (exact) mass is 354 g/mol. The van der Waals surface area contributed by atoms with Crippen molar-refractivity contribution in [3.63, 3.8) is 0 Å². The van der Waals surface area contributed by atoms with Gasteiger partial charge in [0.2, 0.25) is 11.8 Å². The SMILES string of the molecule is COc1ccccc1CNC(=O)C1CC(=O)N(c2ccccc2OC)C1. The molecule has 0 bridgehead atoms. The molecule has 0 aromatic heterocycles. The van der Waals surface area contributed by atoms with Gasteiger partial charge in [0.25, 0.3) is 0 Å². The number of nitrogens with one attached hydrogen (secondary N) is 1. The Morgan fingerprint density at radius 1 is 1.08 bits per heavy atom. The van der Waals surface area contributed by atoms with E-state index in [1.54, 1.807) is 25.2 Å². The second kappa shape index (κ2) is 7.91. The first-order valence-corrected chi connectivity index (χ1v) is 8.47. The molecule has 1 fully saturated rings. The van der Waals surface area contributed by atoms with Gasteiger partial charge in [0.15, 0.2) is 0 Å². The van der Waals surface area contributed by atoms with Crippen molar-refractivity contribution in [2.45, 2.75) is 13.0 Å². The van der Waals surface area contributed by atoms with Crippen molar-refractivity contribution in [3.05, 3.63) is 54.1 Å². The van der Waals surface area contributed by atoms with Gasteiger partial charge in [-0.05, 0) is 18.2 Å².